The third kappa shape index (κ3) is 7.60. The van der Waals surface area contributed by atoms with Crippen LogP contribution >= 0.6 is 0 Å². The number of Topliss-reactive ketones (excluding diaryl/α,β-unsaturated/α-hetero) is 1. The highest BCUT2D eigenvalue weighted by Crippen LogP contribution is 2.09. The number of hydrogen-bond acceptors (Lipinski definition) is 4. The van der Waals surface area contributed by atoms with Crippen LogP contribution in [0.1, 0.15) is 41.0 Å². The molecule has 0 fully saturated rings. The summed E-state index contributed by atoms with van der Waals surface area (Å²) in [6.45, 7) is 9.20. The Hall–Kier alpha value is -1.65. The number of rotatable bonds is 6. The van der Waals surface area contributed by atoms with Crippen molar-refractivity contribution >= 4 is 18.2 Å². The van der Waals surface area contributed by atoms with Crippen molar-refractivity contribution in [3.63, 3.8) is 0 Å². The Labute approximate surface area is 108 Å². The van der Waals surface area contributed by atoms with Crippen molar-refractivity contribution < 1.29 is 19.1 Å². The van der Waals surface area contributed by atoms with Gasteiger partial charge in [0.05, 0.1) is 6.42 Å². The molecule has 0 aliphatic rings. The van der Waals surface area contributed by atoms with E-state index in [-0.39, 0.29) is 35.9 Å². The summed E-state index contributed by atoms with van der Waals surface area (Å²) in [6.07, 6.45) is 1.08. The number of nitrogens with one attached hydrogen (secondary N) is 1. The maximum atomic E-state index is 11.6. The van der Waals surface area contributed by atoms with Crippen LogP contribution in [0.3, 0.4) is 0 Å². The van der Waals surface area contributed by atoms with E-state index in [0.717, 1.165) is 6.08 Å². The minimum absolute atomic E-state index is 0.0606. The number of hydrogen-bond donors (Lipinski definition) is 1. The smallest absolute Gasteiger partial charge is 0.298 e. The molecule has 0 rings (SSSR count). The minimum atomic E-state index is -0.393. The van der Waals surface area contributed by atoms with Gasteiger partial charge in [-0.2, -0.15) is 0 Å². The molecule has 0 aromatic heterocycles. The van der Waals surface area contributed by atoms with Gasteiger partial charge in [-0.15, -0.1) is 0 Å². The van der Waals surface area contributed by atoms with Crippen molar-refractivity contribution in [3.8, 4) is 0 Å². The van der Waals surface area contributed by atoms with Gasteiger partial charge < -0.3 is 10.1 Å². The Morgan fingerprint density at radius 1 is 1.28 bits per heavy atom. The molecule has 0 radical (unpaired) electrons. The first kappa shape index (κ1) is 16.4. The zero-order valence-electron chi connectivity index (χ0n) is 11.6. The predicted molar refractivity (Wildman–Crippen MR) is 67.6 cm³/mol. The van der Waals surface area contributed by atoms with Gasteiger partial charge in [0.15, 0.2) is 0 Å². The molecule has 0 aromatic carbocycles. The lowest BCUT2D eigenvalue weighted by molar-refractivity contribution is -0.126. The molecule has 0 bridgehead atoms. The van der Waals surface area contributed by atoms with Crippen molar-refractivity contribution in [2.75, 3.05) is 0 Å². The number of carbonyl (C=O) groups excluding carboxylic acids is 3. The standard InChI is InChI=1S/C13H21NO4/c1-9(2)11(16)6-10(18-8-15)7-12(17)14-13(3,4)5/h7-9H,6H2,1-5H3,(H,14,17)/b10-7-. The van der Waals surface area contributed by atoms with Crippen molar-refractivity contribution in [1.82, 2.24) is 5.32 Å². The Morgan fingerprint density at radius 3 is 2.22 bits per heavy atom. The highest BCUT2D eigenvalue weighted by atomic mass is 16.5. The first-order valence-corrected chi connectivity index (χ1v) is 5.81. The molecular weight excluding hydrogens is 234 g/mol. The molecule has 0 aliphatic carbocycles. The highest BCUT2D eigenvalue weighted by Gasteiger charge is 2.16. The summed E-state index contributed by atoms with van der Waals surface area (Å²) in [5.41, 5.74) is -0.387. The molecule has 18 heavy (non-hydrogen) atoms. The Balaban J connectivity index is 4.72. The van der Waals surface area contributed by atoms with Gasteiger partial charge in [-0.25, -0.2) is 0 Å². The van der Waals surface area contributed by atoms with Gasteiger partial charge in [0.2, 0.25) is 5.91 Å². The summed E-state index contributed by atoms with van der Waals surface area (Å²) in [6, 6.07) is 0. The lowest BCUT2D eigenvalue weighted by Crippen LogP contribution is -2.39. The fraction of sp³-hybridized carbons (Fsp3) is 0.615. The lowest BCUT2D eigenvalue weighted by Gasteiger charge is -2.19. The Bertz CT molecular complexity index is 350. The van der Waals surface area contributed by atoms with E-state index in [4.69, 9.17) is 0 Å². The lowest BCUT2D eigenvalue weighted by atomic mass is 10.0. The van der Waals surface area contributed by atoms with E-state index in [1.807, 2.05) is 20.8 Å². The van der Waals surface area contributed by atoms with Gasteiger partial charge in [0, 0.05) is 17.5 Å². The molecular formula is C13H21NO4. The number of allylic oxidation sites excluding steroid dienone is 1. The van der Waals surface area contributed by atoms with Crippen LogP contribution in [-0.4, -0.2) is 23.7 Å². The van der Waals surface area contributed by atoms with Gasteiger partial charge in [-0.1, -0.05) is 13.8 Å². The first-order valence-electron chi connectivity index (χ1n) is 5.81. The number of ether oxygens (including phenoxy) is 1. The molecule has 0 spiro atoms. The SMILES string of the molecule is CC(C)C(=O)C/C(=C/C(=O)NC(C)(C)C)OC=O. The molecule has 1 amide bonds. The zero-order chi connectivity index (χ0) is 14.3. The number of carbonyl (C=O) groups is 3. The second kappa shape index (κ2) is 6.93. The molecule has 5 nitrogen and oxygen atoms in total. The van der Waals surface area contributed by atoms with Crippen molar-refractivity contribution in [2.24, 2.45) is 5.92 Å². The molecule has 5 heteroatoms. The van der Waals surface area contributed by atoms with Crippen molar-refractivity contribution in [3.05, 3.63) is 11.8 Å². The second-order valence-electron chi connectivity index (χ2n) is 5.36. The average Bonchev–Trinajstić information content (AvgIpc) is 2.14. The maximum absolute atomic E-state index is 11.6. The van der Waals surface area contributed by atoms with E-state index < -0.39 is 5.91 Å². The van der Waals surface area contributed by atoms with E-state index in [1.54, 1.807) is 13.8 Å². The summed E-state index contributed by atoms with van der Waals surface area (Å²) in [5.74, 6) is -0.595. The largest absolute Gasteiger partial charge is 0.433 e. The number of amides is 1. The molecule has 0 unspecified atom stereocenters. The van der Waals surface area contributed by atoms with Crippen molar-refractivity contribution in [2.45, 2.75) is 46.6 Å². The minimum Gasteiger partial charge on any atom is -0.433 e. The fourth-order valence-corrected chi connectivity index (χ4v) is 1.12. The quantitative estimate of drug-likeness (QED) is 0.444. The van der Waals surface area contributed by atoms with Crippen LogP contribution in [0.2, 0.25) is 0 Å². The van der Waals surface area contributed by atoms with Gasteiger partial charge in [0.25, 0.3) is 6.47 Å². The predicted octanol–water partition coefficient (Wildman–Crippen LogP) is 1.57. The molecule has 0 aliphatic heterocycles. The molecule has 0 aromatic rings. The normalized spacial score (nSPS) is 12.2. The van der Waals surface area contributed by atoms with Gasteiger partial charge in [-0.3, -0.25) is 14.4 Å². The van der Waals surface area contributed by atoms with E-state index >= 15 is 0 Å². The Kier molecular flexibility index (Phi) is 6.30. The van der Waals surface area contributed by atoms with Crippen LogP contribution in [-0.2, 0) is 19.1 Å². The maximum Gasteiger partial charge on any atom is 0.298 e. The highest BCUT2D eigenvalue weighted by molar-refractivity contribution is 5.90. The first-order chi connectivity index (χ1) is 8.15. The van der Waals surface area contributed by atoms with E-state index in [2.05, 4.69) is 10.1 Å². The molecule has 0 saturated carbocycles. The monoisotopic (exact) mass is 255 g/mol. The summed E-state index contributed by atoms with van der Waals surface area (Å²) in [4.78, 5) is 33.5. The summed E-state index contributed by atoms with van der Waals surface area (Å²) >= 11 is 0. The summed E-state index contributed by atoms with van der Waals surface area (Å²) < 4.78 is 4.65. The number of ketones is 1. The average molecular weight is 255 g/mol. The van der Waals surface area contributed by atoms with Crippen LogP contribution in [0.15, 0.2) is 11.8 Å². The molecule has 0 saturated heterocycles. The van der Waals surface area contributed by atoms with E-state index in [1.165, 1.54) is 0 Å². The van der Waals surface area contributed by atoms with Crippen LogP contribution in [0, 0.1) is 5.92 Å². The molecule has 102 valence electrons. The fourth-order valence-electron chi connectivity index (χ4n) is 1.12. The zero-order valence-corrected chi connectivity index (χ0v) is 11.6. The third-order valence-electron chi connectivity index (χ3n) is 1.98. The van der Waals surface area contributed by atoms with Crippen LogP contribution in [0.4, 0.5) is 0 Å². The molecule has 1 N–H and O–H groups in total. The third-order valence-corrected chi connectivity index (χ3v) is 1.98. The van der Waals surface area contributed by atoms with E-state index in [0.29, 0.717) is 0 Å². The second-order valence-corrected chi connectivity index (χ2v) is 5.36. The van der Waals surface area contributed by atoms with Crippen LogP contribution in [0.25, 0.3) is 0 Å². The van der Waals surface area contributed by atoms with Gasteiger partial charge >= 0.3 is 0 Å². The van der Waals surface area contributed by atoms with Crippen molar-refractivity contribution in [1.29, 1.82) is 0 Å². The van der Waals surface area contributed by atoms with Gasteiger partial charge in [0.1, 0.15) is 11.5 Å². The van der Waals surface area contributed by atoms with Gasteiger partial charge in [-0.05, 0) is 20.8 Å². The molecule has 0 heterocycles. The summed E-state index contributed by atoms with van der Waals surface area (Å²) in [5, 5.41) is 2.69. The van der Waals surface area contributed by atoms with Crippen LogP contribution < -0.4 is 5.32 Å². The van der Waals surface area contributed by atoms with Crippen LogP contribution in [0.5, 0.6) is 0 Å². The molecule has 0 atom stereocenters. The van der Waals surface area contributed by atoms with E-state index in [9.17, 15) is 14.4 Å². The Morgan fingerprint density at radius 2 is 1.83 bits per heavy atom. The summed E-state index contributed by atoms with van der Waals surface area (Å²) in [7, 11) is 0. The topological polar surface area (TPSA) is 72.5 Å².